The molecular weight excluding hydrogens is 226 g/mol. The average molecular weight is 239 g/mol. The number of hydrogen-bond donors (Lipinski definition) is 0. The molecule has 90 valence electrons. The van der Waals surface area contributed by atoms with Crippen molar-refractivity contribution in [3.05, 3.63) is 48.0 Å². The fraction of sp³-hybridized carbons (Fsp3) is 0.143. The lowest BCUT2D eigenvalue weighted by atomic mass is 10.2. The monoisotopic (exact) mass is 239 g/mol. The van der Waals surface area contributed by atoms with Gasteiger partial charge in [0.15, 0.2) is 0 Å². The Labute approximate surface area is 106 Å². The summed E-state index contributed by atoms with van der Waals surface area (Å²) in [5, 5.41) is 8.76. The Morgan fingerprint density at radius 3 is 2.50 bits per heavy atom. The number of ether oxygens (including phenoxy) is 1. The molecule has 1 aromatic carbocycles. The maximum absolute atomic E-state index is 8.76. The van der Waals surface area contributed by atoms with Crippen LogP contribution in [0.4, 0.5) is 11.5 Å². The summed E-state index contributed by atoms with van der Waals surface area (Å²) < 4.78 is 5.10. The molecule has 0 aliphatic rings. The van der Waals surface area contributed by atoms with E-state index in [-0.39, 0.29) is 0 Å². The van der Waals surface area contributed by atoms with E-state index in [0.29, 0.717) is 11.4 Å². The molecule has 1 heterocycles. The molecule has 1 aromatic heterocycles. The molecule has 0 unspecified atom stereocenters. The van der Waals surface area contributed by atoms with Gasteiger partial charge in [-0.2, -0.15) is 10.2 Å². The summed E-state index contributed by atoms with van der Waals surface area (Å²) in [6.07, 6.45) is 0. The molecule has 0 N–H and O–H groups in total. The molecule has 0 spiro atoms. The molecule has 4 nitrogen and oxygen atoms in total. The largest absolute Gasteiger partial charge is 0.481 e. The van der Waals surface area contributed by atoms with Gasteiger partial charge < -0.3 is 9.64 Å². The van der Waals surface area contributed by atoms with Gasteiger partial charge in [-0.15, -0.1) is 0 Å². The molecule has 18 heavy (non-hydrogen) atoms. The van der Waals surface area contributed by atoms with Crippen LogP contribution < -0.4 is 9.64 Å². The Balaban J connectivity index is 2.29. The van der Waals surface area contributed by atoms with Crippen LogP contribution in [0.2, 0.25) is 0 Å². The second-order valence-corrected chi connectivity index (χ2v) is 3.76. The predicted octanol–water partition coefficient (Wildman–Crippen LogP) is 2.73. The number of rotatable bonds is 3. The SMILES string of the molecule is COc1cccc(N(C)c2ccc(C#N)cc2)n1. The smallest absolute Gasteiger partial charge is 0.214 e. The highest BCUT2D eigenvalue weighted by atomic mass is 16.5. The molecule has 0 fully saturated rings. The summed E-state index contributed by atoms with van der Waals surface area (Å²) in [5.41, 5.74) is 1.61. The number of methoxy groups -OCH3 is 1. The van der Waals surface area contributed by atoms with Gasteiger partial charge in [-0.3, -0.25) is 0 Å². The molecule has 0 aliphatic carbocycles. The van der Waals surface area contributed by atoms with Crippen LogP contribution in [-0.4, -0.2) is 19.1 Å². The maximum atomic E-state index is 8.76. The molecule has 0 atom stereocenters. The minimum absolute atomic E-state index is 0.577. The van der Waals surface area contributed by atoms with Gasteiger partial charge in [0.05, 0.1) is 18.7 Å². The second-order valence-electron chi connectivity index (χ2n) is 3.76. The summed E-state index contributed by atoms with van der Waals surface area (Å²) in [7, 11) is 3.51. The first-order valence-corrected chi connectivity index (χ1v) is 5.49. The molecule has 4 heteroatoms. The van der Waals surface area contributed by atoms with Gasteiger partial charge in [-0.05, 0) is 30.3 Å². The van der Waals surface area contributed by atoms with Crippen LogP contribution >= 0.6 is 0 Å². The molecule has 2 rings (SSSR count). The Morgan fingerprint density at radius 2 is 1.89 bits per heavy atom. The summed E-state index contributed by atoms with van der Waals surface area (Å²) in [6.45, 7) is 0. The summed E-state index contributed by atoms with van der Waals surface area (Å²) >= 11 is 0. The second kappa shape index (κ2) is 5.19. The van der Waals surface area contributed by atoms with Crippen LogP contribution in [-0.2, 0) is 0 Å². The highest BCUT2D eigenvalue weighted by Gasteiger charge is 2.06. The molecule has 0 aliphatic heterocycles. The number of nitriles is 1. The van der Waals surface area contributed by atoms with E-state index in [9.17, 15) is 0 Å². The number of nitrogens with zero attached hydrogens (tertiary/aromatic N) is 3. The van der Waals surface area contributed by atoms with Gasteiger partial charge in [0.2, 0.25) is 5.88 Å². The average Bonchev–Trinajstić information content (AvgIpc) is 2.46. The highest BCUT2D eigenvalue weighted by Crippen LogP contribution is 2.23. The third-order valence-electron chi connectivity index (χ3n) is 2.65. The van der Waals surface area contributed by atoms with Gasteiger partial charge in [-0.25, -0.2) is 0 Å². The van der Waals surface area contributed by atoms with E-state index in [1.54, 1.807) is 25.3 Å². The zero-order valence-corrected chi connectivity index (χ0v) is 10.3. The quantitative estimate of drug-likeness (QED) is 0.826. The number of benzene rings is 1. The van der Waals surface area contributed by atoms with E-state index >= 15 is 0 Å². The molecule has 0 amide bonds. The van der Waals surface area contributed by atoms with Crippen molar-refractivity contribution in [1.82, 2.24) is 4.98 Å². The van der Waals surface area contributed by atoms with Crippen LogP contribution in [0, 0.1) is 11.3 Å². The van der Waals surface area contributed by atoms with E-state index in [1.165, 1.54) is 0 Å². The zero-order chi connectivity index (χ0) is 13.0. The van der Waals surface area contributed by atoms with E-state index in [1.807, 2.05) is 36.2 Å². The van der Waals surface area contributed by atoms with Crippen LogP contribution in [0.25, 0.3) is 0 Å². The number of anilines is 2. The van der Waals surface area contributed by atoms with Crippen molar-refractivity contribution in [2.75, 3.05) is 19.1 Å². The number of hydrogen-bond acceptors (Lipinski definition) is 4. The summed E-state index contributed by atoms with van der Waals surface area (Å²) in [6, 6.07) is 15.0. The fourth-order valence-corrected chi connectivity index (χ4v) is 1.60. The van der Waals surface area contributed by atoms with Gasteiger partial charge in [0.25, 0.3) is 0 Å². The normalized spacial score (nSPS) is 9.61. The van der Waals surface area contributed by atoms with Crippen LogP contribution in [0.1, 0.15) is 5.56 Å². The first kappa shape index (κ1) is 11.9. The first-order valence-electron chi connectivity index (χ1n) is 5.49. The Morgan fingerprint density at radius 1 is 1.17 bits per heavy atom. The van der Waals surface area contributed by atoms with Gasteiger partial charge in [0.1, 0.15) is 5.82 Å². The van der Waals surface area contributed by atoms with Crippen LogP contribution in [0.5, 0.6) is 5.88 Å². The maximum Gasteiger partial charge on any atom is 0.214 e. The van der Waals surface area contributed by atoms with Crippen LogP contribution in [0.3, 0.4) is 0 Å². The standard InChI is InChI=1S/C14H13N3O/c1-17(12-8-6-11(10-15)7-9-12)13-4-3-5-14(16-13)18-2/h3-9H,1-2H3. The first-order chi connectivity index (χ1) is 8.74. The number of pyridine rings is 1. The zero-order valence-electron chi connectivity index (χ0n) is 10.3. The van der Waals surface area contributed by atoms with Gasteiger partial charge in [-0.1, -0.05) is 6.07 Å². The fourth-order valence-electron chi connectivity index (χ4n) is 1.60. The Kier molecular flexibility index (Phi) is 3.44. The lowest BCUT2D eigenvalue weighted by molar-refractivity contribution is 0.398. The minimum atomic E-state index is 0.577. The molecular formula is C14H13N3O. The van der Waals surface area contributed by atoms with Crippen LogP contribution in [0.15, 0.2) is 42.5 Å². The van der Waals surface area contributed by atoms with Crippen molar-refractivity contribution >= 4 is 11.5 Å². The molecule has 0 saturated heterocycles. The molecule has 2 aromatic rings. The highest BCUT2D eigenvalue weighted by molar-refractivity contribution is 5.60. The van der Waals surface area contributed by atoms with Crippen molar-refractivity contribution in [2.45, 2.75) is 0 Å². The van der Waals surface area contributed by atoms with Crippen molar-refractivity contribution < 1.29 is 4.74 Å². The third-order valence-corrected chi connectivity index (χ3v) is 2.65. The van der Waals surface area contributed by atoms with E-state index in [2.05, 4.69) is 11.1 Å². The lowest BCUT2D eigenvalue weighted by Crippen LogP contribution is -2.11. The Hall–Kier alpha value is -2.54. The van der Waals surface area contributed by atoms with Crippen molar-refractivity contribution in [1.29, 1.82) is 5.26 Å². The molecule has 0 radical (unpaired) electrons. The van der Waals surface area contributed by atoms with E-state index < -0.39 is 0 Å². The van der Waals surface area contributed by atoms with Gasteiger partial charge >= 0.3 is 0 Å². The van der Waals surface area contributed by atoms with E-state index in [0.717, 1.165) is 11.5 Å². The number of aromatic nitrogens is 1. The van der Waals surface area contributed by atoms with Crippen molar-refractivity contribution in [3.8, 4) is 11.9 Å². The lowest BCUT2D eigenvalue weighted by Gasteiger charge is -2.18. The summed E-state index contributed by atoms with van der Waals surface area (Å²) in [5.74, 6) is 1.37. The molecule has 0 saturated carbocycles. The third kappa shape index (κ3) is 2.41. The Bertz CT molecular complexity index is 572. The van der Waals surface area contributed by atoms with Gasteiger partial charge in [0, 0.05) is 18.8 Å². The predicted molar refractivity (Wildman–Crippen MR) is 70.0 cm³/mol. The van der Waals surface area contributed by atoms with Crippen molar-refractivity contribution in [2.24, 2.45) is 0 Å². The summed E-state index contributed by atoms with van der Waals surface area (Å²) in [4.78, 5) is 6.28. The van der Waals surface area contributed by atoms with E-state index in [4.69, 9.17) is 10.00 Å². The molecule has 0 bridgehead atoms. The topological polar surface area (TPSA) is 49.1 Å². The minimum Gasteiger partial charge on any atom is -0.481 e. The van der Waals surface area contributed by atoms with Crippen molar-refractivity contribution in [3.63, 3.8) is 0 Å².